The van der Waals surface area contributed by atoms with E-state index in [4.69, 9.17) is 20.8 Å². The maximum atomic E-state index is 13.5. The zero-order valence-electron chi connectivity index (χ0n) is 20.0. The largest absolute Gasteiger partial charge is 0.506 e. The van der Waals surface area contributed by atoms with Crippen molar-refractivity contribution in [1.29, 1.82) is 0 Å². The van der Waals surface area contributed by atoms with E-state index in [1.54, 1.807) is 6.92 Å². The number of carbonyl (C=O) groups is 2. The van der Waals surface area contributed by atoms with Gasteiger partial charge in [-0.2, -0.15) is 0 Å². The molecule has 36 heavy (non-hydrogen) atoms. The van der Waals surface area contributed by atoms with Crippen LogP contribution in [0.15, 0.2) is 34.7 Å². The minimum Gasteiger partial charge on any atom is -0.506 e. The molecule has 1 atom stereocenters. The van der Waals surface area contributed by atoms with Gasteiger partial charge in [0.1, 0.15) is 11.3 Å². The number of aromatic hydroxyl groups is 1. The standard InChI is InChI=1S/C23H18ClN3O7.C2H6/c1-10-18(23(30)33-2)20-19-12(8-24)9-26(14(19)7-15(28)21(20)25-10)22(29)17-6-11-5-13(27(31)32)3-4-16(11)34-17;1-2/h3-7,12,25,28H,8-9H2,1-2H3;1-2H3. The highest BCUT2D eigenvalue weighted by Gasteiger charge is 2.38. The number of esters is 1. The average molecular weight is 514 g/mol. The zero-order valence-corrected chi connectivity index (χ0v) is 20.8. The van der Waals surface area contributed by atoms with Crippen molar-refractivity contribution in [2.24, 2.45) is 0 Å². The number of H-pyrrole nitrogens is 1. The summed E-state index contributed by atoms with van der Waals surface area (Å²) in [5.74, 6) is -1.40. The predicted molar refractivity (Wildman–Crippen MR) is 135 cm³/mol. The first-order chi connectivity index (χ1) is 17.2. The van der Waals surface area contributed by atoms with E-state index in [1.165, 1.54) is 42.3 Å². The van der Waals surface area contributed by atoms with Gasteiger partial charge in [-0.1, -0.05) is 13.8 Å². The first-order valence-corrected chi connectivity index (χ1v) is 11.8. The fourth-order valence-electron chi connectivity index (χ4n) is 4.60. The monoisotopic (exact) mass is 513 g/mol. The van der Waals surface area contributed by atoms with Crippen molar-refractivity contribution in [3.05, 3.63) is 63.0 Å². The number of aromatic amines is 1. The van der Waals surface area contributed by atoms with Crippen LogP contribution >= 0.6 is 11.6 Å². The van der Waals surface area contributed by atoms with Gasteiger partial charge in [0.05, 0.1) is 28.8 Å². The summed E-state index contributed by atoms with van der Waals surface area (Å²) in [7, 11) is 1.27. The third-order valence-corrected chi connectivity index (χ3v) is 6.48. The quantitative estimate of drug-likeness (QED) is 0.156. The summed E-state index contributed by atoms with van der Waals surface area (Å²) >= 11 is 6.26. The van der Waals surface area contributed by atoms with Crippen LogP contribution in [0.4, 0.5) is 11.4 Å². The van der Waals surface area contributed by atoms with Crippen molar-refractivity contribution in [2.75, 3.05) is 24.4 Å². The lowest BCUT2D eigenvalue weighted by molar-refractivity contribution is -0.384. The normalized spacial score (nSPS) is 14.5. The third-order valence-electron chi connectivity index (χ3n) is 6.11. The molecule has 3 heterocycles. The van der Waals surface area contributed by atoms with Gasteiger partial charge in [-0.25, -0.2) is 4.79 Å². The zero-order chi connectivity index (χ0) is 26.3. The van der Waals surface area contributed by atoms with Crippen molar-refractivity contribution < 1.29 is 28.8 Å². The number of fused-ring (bicyclic) bond motifs is 4. The Bertz CT molecular complexity index is 1520. The minimum absolute atomic E-state index is 0.0188. The molecule has 0 spiro atoms. The van der Waals surface area contributed by atoms with Gasteiger partial charge in [0, 0.05) is 53.0 Å². The molecule has 188 valence electrons. The lowest BCUT2D eigenvalue weighted by Crippen LogP contribution is -2.29. The molecule has 0 radical (unpaired) electrons. The van der Waals surface area contributed by atoms with Crippen molar-refractivity contribution in [3.63, 3.8) is 0 Å². The maximum absolute atomic E-state index is 13.5. The number of alkyl halides is 1. The molecule has 10 nitrogen and oxygen atoms in total. The molecule has 1 aliphatic rings. The molecule has 1 amide bonds. The van der Waals surface area contributed by atoms with Crippen LogP contribution < -0.4 is 4.90 Å². The summed E-state index contributed by atoms with van der Waals surface area (Å²) in [6, 6.07) is 6.95. The van der Waals surface area contributed by atoms with Crippen molar-refractivity contribution >= 4 is 56.7 Å². The fraction of sp³-hybridized carbons (Fsp3) is 0.280. The van der Waals surface area contributed by atoms with E-state index in [2.05, 4.69) is 4.98 Å². The van der Waals surface area contributed by atoms with E-state index in [1.807, 2.05) is 13.8 Å². The molecule has 11 heteroatoms. The molecular formula is C25H24ClN3O7. The summed E-state index contributed by atoms with van der Waals surface area (Å²) < 4.78 is 10.6. The summed E-state index contributed by atoms with van der Waals surface area (Å²) in [6.45, 7) is 5.89. The van der Waals surface area contributed by atoms with Gasteiger partial charge in [0.25, 0.3) is 11.6 Å². The van der Waals surface area contributed by atoms with E-state index in [-0.39, 0.29) is 41.1 Å². The Morgan fingerprint density at radius 2 is 2.03 bits per heavy atom. The van der Waals surface area contributed by atoms with Crippen LogP contribution in [0.25, 0.3) is 21.9 Å². The number of halogens is 1. The van der Waals surface area contributed by atoms with Crippen LogP contribution in [0.2, 0.25) is 0 Å². The van der Waals surface area contributed by atoms with E-state index < -0.39 is 16.8 Å². The molecule has 0 saturated heterocycles. The van der Waals surface area contributed by atoms with Gasteiger partial charge in [0.15, 0.2) is 5.76 Å². The summed E-state index contributed by atoms with van der Waals surface area (Å²) in [5.41, 5.74) is 2.40. The molecule has 1 aliphatic heterocycles. The number of hydrogen-bond acceptors (Lipinski definition) is 7. The first kappa shape index (κ1) is 25.1. The molecule has 0 aliphatic carbocycles. The van der Waals surface area contributed by atoms with E-state index in [0.29, 0.717) is 38.8 Å². The van der Waals surface area contributed by atoms with Crippen LogP contribution in [-0.2, 0) is 4.74 Å². The molecule has 0 saturated carbocycles. The van der Waals surface area contributed by atoms with Gasteiger partial charge >= 0.3 is 5.97 Å². The van der Waals surface area contributed by atoms with Gasteiger partial charge in [0.2, 0.25) is 0 Å². The number of amides is 1. The van der Waals surface area contributed by atoms with Gasteiger partial charge in [-0.3, -0.25) is 14.9 Å². The highest BCUT2D eigenvalue weighted by atomic mass is 35.5. The molecule has 4 aromatic rings. The molecule has 1 unspecified atom stereocenters. The highest BCUT2D eigenvalue weighted by Crippen LogP contribution is 2.47. The highest BCUT2D eigenvalue weighted by molar-refractivity contribution is 6.20. The number of rotatable bonds is 4. The summed E-state index contributed by atoms with van der Waals surface area (Å²) in [5, 5.41) is 22.7. The number of phenols is 1. The molecule has 2 N–H and O–H groups in total. The Morgan fingerprint density at radius 1 is 1.31 bits per heavy atom. The number of hydrogen-bond donors (Lipinski definition) is 2. The third kappa shape index (κ3) is 3.83. The fourth-order valence-corrected chi connectivity index (χ4v) is 4.85. The van der Waals surface area contributed by atoms with Gasteiger partial charge in [-0.05, 0) is 24.6 Å². The number of nitrogens with one attached hydrogen (secondary N) is 1. The first-order valence-electron chi connectivity index (χ1n) is 11.3. The smallest absolute Gasteiger partial charge is 0.340 e. The number of nitrogens with zero attached hydrogens (tertiary/aromatic N) is 2. The number of ether oxygens (including phenoxy) is 1. The summed E-state index contributed by atoms with van der Waals surface area (Å²) in [4.78, 5) is 41.0. The lowest BCUT2D eigenvalue weighted by atomic mass is 9.95. The van der Waals surface area contributed by atoms with Crippen LogP contribution in [0, 0.1) is 17.0 Å². The molecule has 5 rings (SSSR count). The number of nitro groups is 1. The van der Waals surface area contributed by atoms with Gasteiger partial charge < -0.3 is 24.1 Å². The molecular weight excluding hydrogens is 490 g/mol. The maximum Gasteiger partial charge on any atom is 0.340 e. The predicted octanol–water partition coefficient (Wildman–Crippen LogP) is 5.63. The van der Waals surface area contributed by atoms with E-state index in [0.717, 1.165) is 0 Å². The Labute approximate surface area is 210 Å². The van der Waals surface area contributed by atoms with E-state index >= 15 is 0 Å². The minimum atomic E-state index is -0.575. The number of carbonyl (C=O) groups excluding carboxylic acids is 2. The second-order valence-electron chi connectivity index (χ2n) is 8.05. The van der Waals surface area contributed by atoms with E-state index in [9.17, 15) is 24.8 Å². The second kappa shape index (κ2) is 9.54. The topological polar surface area (TPSA) is 139 Å². The average Bonchev–Trinajstić information content (AvgIpc) is 3.56. The van der Waals surface area contributed by atoms with Crippen LogP contribution in [0.1, 0.15) is 51.9 Å². The molecule has 2 aromatic heterocycles. The number of nitro benzene ring substituents is 1. The number of aryl methyl sites for hydroxylation is 1. The lowest BCUT2D eigenvalue weighted by Gasteiger charge is -2.16. The summed E-state index contributed by atoms with van der Waals surface area (Å²) in [6.07, 6.45) is 0. The Kier molecular flexibility index (Phi) is 6.64. The van der Waals surface area contributed by atoms with Crippen molar-refractivity contribution in [2.45, 2.75) is 26.7 Å². The van der Waals surface area contributed by atoms with Crippen LogP contribution in [0.5, 0.6) is 5.75 Å². The number of benzene rings is 2. The Balaban J connectivity index is 0.00000148. The number of methoxy groups -OCH3 is 1. The molecule has 0 fully saturated rings. The number of non-ortho nitro benzene ring substituents is 1. The number of anilines is 1. The SMILES string of the molecule is CC.COC(=O)c1c(C)[nH]c2c(O)cc3c(c12)C(CCl)CN3C(=O)c1cc2cc([N+](=O)[O-])ccc2o1. The molecule has 2 aromatic carbocycles. The molecule has 0 bridgehead atoms. The van der Waals surface area contributed by atoms with Crippen molar-refractivity contribution in [3.8, 4) is 5.75 Å². The second-order valence-corrected chi connectivity index (χ2v) is 8.36. The number of furan rings is 1. The van der Waals surface area contributed by atoms with Crippen molar-refractivity contribution in [1.82, 2.24) is 4.98 Å². The van der Waals surface area contributed by atoms with Gasteiger partial charge in [-0.15, -0.1) is 11.6 Å². The Morgan fingerprint density at radius 3 is 2.67 bits per heavy atom. The van der Waals surface area contributed by atoms with Crippen LogP contribution in [0.3, 0.4) is 0 Å². The number of phenolic OH excluding ortho intramolecular Hbond substituents is 1. The number of aromatic nitrogens is 1. The van der Waals surface area contributed by atoms with Crippen LogP contribution in [-0.4, -0.2) is 46.4 Å². The Hall–Kier alpha value is -4.05.